The van der Waals surface area contributed by atoms with Crippen LogP contribution in [0.3, 0.4) is 0 Å². The van der Waals surface area contributed by atoms with E-state index in [1.807, 2.05) is 34.7 Å². The van der Waals surface area contributed by atoms with Crippen LogP contribution in [0.2, 0.25) is 5.02 Å². The largest absolute Gasteiger partial charge is 0.464 e. The minimum atomic E-state index is -0.906. The van der Waals surface area contributed by atoms with Crippen molar-refractivity contribution in [2.75, 3.05) is 0 Å². The van der Waals surface area contributed by atoms with Crippen LogP contribution in [0.4, 0.5) is 8.78 Å². The molecule has 2 aliphatic rings. The predicted octanol–water partition coefficient (Wildman–Crippen LogP) is 5.92. The summed E-state index contributed by atoms with van der Waals surface area (Å²) in [5.41, 5.74) is 2.39. The maximum absolute atomic E-state index is 13.8. The number of hydrazone groups is 1. The SMILES string of the molecule is Fc1ccc([C@H]2Oc3ccc(Cl)cc3[C@H]3CC(c4cccs4)=NN32)cc1F. The van der Waals surface area contributed by atoms with E-state index in [2.05, 4.69) is 0 Å². The van der Waals surface area contributed by atoms with Gasteiger partial charge in [0.05, 0.1) is 16.6 Å². The van der Waals surface area contributed by atoms with Gasteiger partial charge in [-0.1, -0.05) is 23.7 Å². The van der Waals surface area contributed by atoms with E-state index in [1.165, 1.54) is 6.07 Å². The van der Waals surface area contributed by atoms with Crippen LogP contribution < -0.4 is 4.74 Å². The Hall–Kier alpha value is -2.44. The Bertz CT molecular complexity index is 1050. The fourth-order valence-electron chi connectivity index (χ4n) is 3.54. The van der Waals surface area contributed by atoms with Crippen molar-refractivity contribution in [2.24, 2.45) is 5.10 Å². The number of benzene rings is 2. The lowest BCUT2D eigenvalue weighted by atomic mass is 9.97. The number of fused-ring (bicyclic) bond motifs is 3. The molecule has 0 radical (unpaired) electrons. The van der Waals surface area contributed by atoms with Gasteiger partial charge in [-0.2, -0.15) is 5.10 Å². The Labute approximate surface area is 163 Å². The second kappa shape index (κ2) is 6.32. The van der Waals surface area contributed by atoms with Crippen molar-refractivity contribution in [2.45, 2.75) is 18.7 Å². The first-order valence-corrected chi connectivity index (χ1v) is 9.66. The van der Waals surface area contributed by atoms with E-state index in [-0.39, 0.29) is 6.04 Å². The standard InChI is InChI=1S/C20H13ClF2N2OS/c21-12-4-6-18-13(9-12)17-10-16(19-2-1-7-27-19)24-25(17)20(26-18)11-3-5-14(22)15(23)8-11/h1-9,17,20H,10H2/t17-,20-/m1/s1. The van der Waals surface area contributed by atoms with E-state index in [0.717, 1.165) is 28.3 Å². The molecule has 5 rings (SSSR count). The summed E-state index contributed by atoms with van der Waals surface area (Å²) in [6.07, 6.45) is 0.0495. The molecule has 0 saturated carbocycles. The highest BCUT2D eigenvalue weighted by atomic mass is 35.5. The predicted molar refractivity (Wildman–Crippen MR) is 101 cm³/mol. The molecule has 3 aromatic rings. The van der Waals surface area contributed by atoms with Crippen LogP contribution in [0.5, 0.6) is 5.75 Å². The molecule has 2 atom stereocenters. The average molecular weight is 403 g/mol. The quantitative estimate of drug-likeness (QED) is 0.531. The molecule has 3 nitrogen and oxygen atoms in total. The zero-order valence-corrected chi connectivity index (χ0v) is 15.5. The summed E-state index contributed by atoms with van der Waals surface area (Å²) < 4.78 is 33.3. The van der Waals surface area contributed by atoms with E-state index in [0.29, 0.717) is 22.8 Å². The van der Waals surface area contributed by atoms with E-state index < -0.39 is 17.9 Å². The molecule has 2 aliphatic heterocycles. The summed E-state index contributed by atoms with van der Waals surface area (Å²) in [6.45, 7) is 0. The van der Waals surface area contributed by atoms with Crippen molar-refractivity contribution in [1.29, 1.82) is 0 Å². The Morgan fingerprint density at radius 2 is 2.00 bits per heavy atom. The molecule has 1 aromatic heterocycles. The van der Waals surface area contributed by atoms with Gasteiger partial charge in [0, 0.05) is 22.6 Å². The second-order valence-electron chi connectivity index (χ2n) is 6.45. The van der Waals surface area contributed by atoms with E-state index in [9.17, 15) is 8.78 Å². The maximum Gasteiger partial charge on any atom is 0.213 e. The molecule has 7 heteroatoms. The van der Waals surface area contributed by atoms with Crippen molar-refractivity contribution >= 4 is 28.6 Å². The van der Waals surface area contributed by atoms with Crippen LogP contribution in [0.1, 0.15) is 34.7 Å². The van der Waals surface area contributed by atoms with Gasteiger partial charge in [-0.25, -0.2) is 13.8 Å². The number of halogens is 3. The Balaban J connectivity index is 1.62. The van der Waals surface area contributed by atoms with Gasteiger partial charge >= 0.3 is 0 Å². The summed E-state index contributed by atoms with van der Waals surface area (Å²) in [4.78, 5) is 1.08. The molecule has 0 saturated heterocycles. The van der Waals surface area contributed by atoms with Gasteiger partial charge in [-0.05, 0) is 41.8 Å². The molecule has 0 spiro atoms. The first-order valence-electron chi connectivity index (χ1n) is 8.41. The summed E-state index contributed by atoms with van der Waals surface area (Å²) >= 11 is 7.81. The third-order valence-corrected chi connectivity index (χ3v) is 5.94. The topological polar surface area (TPSA) is 24.8 Å². The molecule has 0 unspecified atom stereocenters. The summed E-state index contributed by atoms with van der Waals surface area (Å²) in [5, 5.41) is 9.21. The van der Waals surface area contributed by atoms with Gasteiger partial charge in [-0.3, -0.25) is 0 Å². The van der Waals surface area contributed by atoms with E-state index in [4.69, 9.17) is 21.4 Å². The summed E-state index contributed by atoms with van der Waals surface area (Å²) in [7, 11) is 0. The Kier molecular flexibility index (Phi) is 3.91. The van der Waals surface area contributed by atoms with E-state index in [1.54, 1.807) is 17.4 Å². The molecular formula is C20H13ClF2N2OS. The number of rotatable bonds is 2. The molecular weight excluding hydrogens is 390 g/mol. The highest BCUT2D eigenvalue weighted by Crippen LogP contribution is 2.48. The Morgan fingerprint density at radius 1 is 1.11 bits per heavy atom. The second-order valence-corrected chi connectivity index (χ2v) is 7.83. The molecule has 0 aliphatic carbocycles. The molecule has 0 amide bonds. The molecule has 3 heterocycles. The fraction of sp³-hybridized carbons (Fsp3) is 0.150. The van der Waals surface area contributed by atoms with Crippen LogP contribution in [0.15, 0.2) is 59.0 Å². The molecule has 0 bridgehead atoms. The zero-order chi connectivity index (χ0) is 18.5. The minimum absolute atomic E-state index is 0.0809. The molecule has 0 fully saturated rings. The van der Waals surface area contributed by atoms with E-state index >= 15 is 0 Å². The lowest BCUT2D eigenvalue weighted by molar-refractivity contribution is -0.0192. The minimum Gasteiger partial charge on any atom is -0.464 e. The Morgan fingerprint density at radius 3 is 2.78 bits per heavy atom. The van der Waals surface area contributed by atoms with Crippen molar-refractivity contribution in [3.8, 4) is 5.75 Å². The number of hydrogen-bond donors (Lipinski definition) is 0. The highest BCUT2D eigenvalue weighted by Gasteiger charge is 2.41. The molecule has 27 heavy (non-hydrogen) atoms. The number of hydrogen-bond acceptors (Lipinski definition) is 4. The van der Waals surface area contributed by atoms with Gasteiger partial charge in [0.25, 0.3) is 0 Å². The van der Waals surface area contributed by atoms with Crippen molar-refractivity contribution in [3.63, 3.8) is 0 Å². The van der Waals surface area contributed by atoms with Crippen molar-refractivity contribution in [1.82, 2.24) is 5.01 Å². The number of thiophene rings is 1. The smallest absolute Gasteiger partial charge is 0.213 e. The van der Waals surface area contributed by atoms with Crippen LogP contribution in [0.25, 0.3) is 0 Å². The maximum atomic E-state index is 13.8. The van der Waals surface area contributed by atoms with Gasteiger partial charge < -0.3 is 4.74 Å². The van der Waals surface area contributed by atoms with Gasteiger partial charge in [0.15, 0.2) is 11.6 Å². The van der Waals surface area contributed by atoms with Crippen LogP contribution in [-0.2, 0) is 0 Å². The fourth-order valence-corrected chi connectivity index (χ4v) is 4.44. The van der Waals surface area contributed by atoms with Crippen LogP contribution >= 0.6 is 22.9 Å². The summed E-state index contributed by atoms with van der Waals surface area (Å²) in [5.74, 6) is -1.11. The monoisotopic (exact) mass is 402 g/mol. The molecule has 2 aromatic carbocycles. The highest BCUT2D eigenvalue weighted by molar-refractivity contribution is 7.12. The normalized spacial score (nSPS) is 20.7. The summed E-state index contributed by atoms with van der Waals surface area (Å²) in [6, 6.07) is 13.2. The third-order valence-electron chi connectivity index (χ3n) is 4.79. The number of nitrogens with zero attached hydrogens (tertiary/aromatic N) is 2. The number of ether oxygens (including phenoxy) is 1. The first-order chi connectivity index (χ1) is 13.1. The van der Waals surface area contributed by atoms with Crippen molar-refractivity contribution in [3.05, 3.63) is 86.6 Å². The van der Waals surface area contributed by atoms with Gasteiger partial charge in [0.2, 0.25) is 6.23 Å². The van der Waals surface area contributed by atoms with Gasteiger partial charge in [-0.15, -0.1) is 11.3 Å². The lowest BCUT2D eigenvalue weighted by Crippen LogP contribution is -2.33. The molecule has 0 N–H and O–H groups in total. The van der Waals surface area contributed by atoms with Gasteiger partial charge in [0.1, 0.15) is 5.75 Å². The van der Waals surface area contributed by atoms with Crippen molar-refractivity contribution < 1.29 is 13.5 Å². The molecule has 136 valence electrons. The zero-order valence-electron chi connectivity index (χ0n) is 13.9. The third kappa shape index (κ3) is 2.80. The van der Waals surface area contributed by atoms with Crippen LogP contribution in [0, 0.1) is 11.6 Å². The lowest BCUT2D eigenvalue weighted by Gasteiger charge is -2.38. The average Bonchev–Trinajstić information content (AvgIpc) is 3.33. The van der Waals surface area contributed by atoms with Crippen LogP contribution in [-0.4, -0.2) is 10.7 Å². The first kappa shape index (κ1) is 16.7.